The summed E-state index contributed by atoms with van der Waals surface area (Å²) in [4.78, 5) is 15.6. The SMILES string of the molecule is COc1ccc(Cl)cc1NC(=O)CCN(C)Cc1ccc(SC)cc1. The van der Waals surface area contributed by atoms with Crippen LogP contribution in [-0.4, -0.2) is 37.8 Å². The molecule has 2 aromatic carbocycles. The van der Waals surface area contributed by atoms with Crippen LogP contribution in [0.3, 0.4) is 0 Å². The molecule has 6 heteroatoms. The fourth-order valence-corrected chi connectivity index (χ4v) is 2.99. The summed E-state index contributed by atoms with van der Waals surface area (Å²) in [5.41, 5.74) is 1.83. The maximum atomic E-state index is 12.2. The van der Waals surface area contributed by atoms with Gasteiger partial charge in [0.15, 0.2) is 0 Å². The van der Waals surface area contributed by atoms with Crippen LogP contribution in [-0.2, 0) is 11.3 Å². The van der Waals surface area contributed by atoms with Gasteiger partial charge in [-0.1, -0.05) is 23.7 Å². The van der Waals surface area contributed by atoms with Crippen LogP contribution in [0.4, 0.5) is 5.69 Å². The highest BCUT2D eigenvalue weighted by Crippen LogP contribution is 2.27. The van der Waals surface area contributed by atoms with E-state index in [4.69, 9.17) is 16.3 Å². The monoisotopic (exact) mass is 378 g/mol. The largest absolute Gasteiger partial charge is 0.495 e. The Morgan fingerprint density at radius 2 is 1.96 bits per heavy atom. The van der Waals surface area contributed by atoms with Gasteiger partial charge < -0.3 is 15.0 Å². The van der Waals surface area contributed by atoms with E-state index in [0.29, 0.717) is 29.4 Å². The number of methoxy groups -OCH3 is 1. The van der Waals surface area contributed by atoms with Crippen LogP contribution in [0.15, 0.2) is 47.4 Å². The summed E-state index contributed by atoms with van der Waals surface area (Å²) in [6.07, 6.45) is 2.46. The minimum absolute atomic E-state index is 0.0647. The molecule has 0 radical (unpaired) electrons. The molecule has 25 heavy (non-hydrogen) atoms. The summed E-state index contributed by atoms with van der Waals surface area (Å²) in [5, 5.41) is 3.42. The summed E-state index contributed by atoms with van der Waals surface area (Å²) in [6, 6.07) is 13.6. The van der Waals surface area contributed by atoms with Crippen LogP contribution in [0.25, 0.3) is 0 Å². The molecule has 2 aromatic rings. The van der Waals surface area contributed by atoms with E-state index >= 15 is 0 Å². The van der Waals surface area contributed by atoms with E-state index in [1.807, 2.05) is 7.05 Å². The number of carbonyl (C=O) groups is 1. The highest BCUT2D eigenvalue weighted by Gasteiger charge is 2.10. The van der Waals surface area contributed by atoms with Crippen molar-refractivity contribution in [1.29, 1.82) is 0 Å². The highest BCUT2D eigenvalue weighted by molar-refractivity contribution is 7.98. The third-order valence-electron chi connectivity index (χ3n) is 3.77. The normalized spacial score (nSPS) is 10.8. The van der Waals surface area contributed by atoms with Crippen molar-refractivity contribution in [3.8, 4) is 5.75 Å². The lowest BCUT2D eigenvalue weighted by molar-refractivity contribution is -0.116. The molecule has 0 aliphatic rings. The summed E-state index contributed by atoms with van der Waals surface area (Å²) < 4.78 is 5.24. The lowest BCUT2D eigenvalue weighted by atomic mass is 10.2. The van der Waals surface area contributed by atoms with E-state index in [9.17, 15) is 4.79 Å². The van der Waals surface area contributed by atoms with Gasteiger partial charge in [-0.15, -0.1) is 11.8 Å². The Bertz CT molecular complexity index is 707. The number of carbonyl (C=O) groups excluding carboxylic acids is 1. The number of nitrogens with one attached hydrogen (secondary N) is 1. The smallest absolute Gasteiger partial charge is 0.225 e. The molecule has 1 N–H and O–H groups in total. The summed E-state index contributed by atoms with van der Waals surface area (Å²) >= 11 is 7.71. The molecule has 0 saturated heterocycles. The molecule has 2 rings (SSSR count). The number of anilines is 1. The number of ether oxygens (including phenoxy) is 1. The second-order valence-electron chi connectivity index (χ2n) is 5.73. The molecule has 0 unspecified atom stereocenters. The average molecular weight is 379 g/mol. The van der Waals surface area contributed by atoms with Gasteiger partial charge in [0.25, 0.3) is 0 Å². The Morgan fingerprint density at radius 3 is 2.60 bits per heavy atom. The van der Waals surface area contributed by atoms with Gasteiger partial charge in [0, 0.05) is 29.4 Å². The Labute approximate surface area is 158 Å². The number of rotatable bonds is 8. The minimum Gasteiger partial charge on any atom is -0.495 e. The standard InChI is InChI=1S/C19H23ClN2O2S/c1-22(13-14-4-7-16(25-3)8-5-14)11-10-19(23)21-17-12-15(20)6-9-18(17)24-2/h4-9,12H,10-11,13H2,1-3H3,(H,21,23). The van der Waals surface area contributed by atoms with Crippen molar-refractivity contribution in [2.75, 3.05) is 32.3 Å². The number of hydrogen-bond acceptors (Lipinski definition) is 4. The number of amides is 1. The molecule has 0 heterocycles. The summed E-state index contributed by atoms with van der Waals surface area (Å²) in [7, 11) is 3.57. The molecule has 0 atom stereocenters. The van der Waals surface area contributed by atoms with Gasteiger partial charge in [-0.2, -0.15) is 0 Å². The van der Waals surface area contributed by atoms with Crippen LogP contribution in [0.5, 0.6) is 5.75 Å². The zero-order valence-corrected chi connectivity index (χ0v) is 16.3. The average Bonchev–Trinajstić information content (AvgIpc) is 2.61. The molecule has 0 aliphatic carbocycles. The molecule has 4 nitrogen and oxygen atoms in total. The van der Waals surface area contributed by atoms with Crippen molar-refractivity contribution in [3.05, 3.63) is 53.1 Å². The summed E-state index contributed by atoms with van der Waals surface area (Å²) in [5.74, 6) is 0.533. The molecule has 0 bridgehead atoms. The molecule has 134 valence electrons. The van der Waals surface area contributed by atoms with E-state index in [2.05, 4.69) is 40.7 Å². The second kappa shape index (κ2) is 9.70. The van der Waals surface area contributed by atoms with Crippen LogP contribution in [0.1, 0.15) is 12.0 Å². The molecule has 0 saturated carbocycles. The van der Waals surface area contributed by atoms with E-state index in [0.717, 1.165) is 6.54 Å². The molecule has 1 amide bonds. The van der Waals surface area contributed by atoms with E-state index in [1.165, 1.54) is 10.5 Å². The zero-order chi connectivity index (χ0) is 18.2. The van der Waals surface area contributed by atoms with Crippen molar-refractivity contribution in [2.24, 2.45) is 0 Å². The molecule has 0 aromatic heterocycles. The molecular formula is C19H23ClN2O2S. The lowest BCUT2D eigenvalue weighted by Gasteiger charge is -2.17. The Morgan fingerprint density at radius 1 is 1.24 bits per heavy atom. The number of benzene rings is 2. The first-order valence-corrected chi connectivity index (χ1v) is 9.57. The van der Waals surface area contributed by atoms with E-state index in [1.54, 1.807) is 37.1 Å². The predicted molar refractivity (Wildman–Crippen MR) is 106 cm³/mol. The van der Waals surface area contributed by atoms with Crippen LogP contribution < -0.4 is 10.1 Å². The Kier molecular flexibility index (Phi) is 7.62. The third-order valence-corrected chi connectivity index (χ3v) is 4.75. The number of thioether (sulfide) groups is 1. The fraction of sp³-hybridized carbons (Fsp3) is 0.316. The first kappa shape index (κ1) is 19.6. The van der Waals surface area contributed by atoms with E-state index < -0.39 is 0 Å². The van der Waals surface area contributed by atoms with Gasteiger partial charge in [-0.05, 0) is 49.2 Å². The fourth-order valence-electron chi connectivity index (χ4n) is 2.40. The van der Waals surface area contributed by atoms with Crippen molar-refractivity contribution >= 4 is 35.0 Å². The van der Waals surface area contributed by atoms with Crippen molar-refractivity contribution < 1.29 is 9.53 Å². The number of hydrogen-bond donors (Lipinski definition) is 1. The van der Waals surface area contributed by atoms with Crippen molar-refractivity contribution in [3.63, 3.8) is 0 Å². The van der Waals surface area contributed by atoms with Crippen molar-refractivity contribution in [2.45, 2.75) is 17.9 Å². The topological polar surface area (TPSA) is 41.6 Å². The first-order valence-electron chi connectivity index (χ1n) is 7.96. The lowest BCUT2D eigenvalue weighted by Crippen LogP contribution is -2.24. The maximum Gasteiger partial charge on any atom is 0.225 e. The minimum atomic E-state index is -0.0647. The number of halogens is 1. The molecular weight excluding hydrogens is 356 g/mol. The molecule has 0 spiro atoms. The third kappa shape index (κ3) is 6.27. The van der Waals surface area contributed by atoms with Crippen LogP contribution in [0, 0.1) is 0 Å². The van der Waals surface area contributed by atoms with Gasteiger partial charge >= 0.3 is 0 Å². The van der Waals surface area contributed by atoms with Gasteiger partial charge in [0.2, 0.25) is 5.91 Å². The molecule has 0 fully saturated rings. The summed E-state index contributed by atoms with van der Waals surface area (Å²) in [6.45, 7) is 1.47. The predicted octanol–water partition coefficient (Wildman–Crippen LogP) is 4.53. The van der Waals surface area contributed by atoms with Gasteiger partial charge in [0.1, 0.15) is 5.75 Å². The zero-order valence-electron chi connectivity index (χ0n) is 14.7. The Balaban J connectivity index is 1.83. The molecule has 0 aliphatic heterocycles. The Hall–Kier alpha value is -1.69. The first-order chi connectivity index (χ1) is 12.0. The highest BCUT2D eigenvalue weighted by atomic mass is 35.5. The van der Waals surface area contributed by atoms with Crippen LogP contribution in [0.2, 0.25) is 5.02 Å². The van der Waals surface area contributed by atoms with Crippen molar-refractivity contribution in [1.82, 2.24) is 4.90 Å². The second-order valence-corrected chi connectivity index (χ2v) is 7.04. The van der Waals surface area contributed by atoms with Crippen LogP contribution >= 0.6 is 23.4 Å². The van der Waals surface area contributed by atoms with Gasteiger partial charge in [-0.3, -0.25) is 4.79 Å². The maximum absolute atomic E-state index is 12.2. The van der Waals surface area contributed by atoms with Gasteiger partial charge in [0.05, 0.1) is 12.8 Å². The number of nitrogens with zero attached hydrogens (tertiary/aromatic N) is 1. The quantitative estimate of drug-likeness (QED) is 0.685. The van der Waals surface area contributed by atoms with E-state index in [-0.39, 0.29) is 5.91 Å². The van der Waals surface area contributed by atoms with Gasteiger partial charge in [-0.25, -0.2) is 0 Å².